The number of nitrogens with one attached hydrogen (secondary N) is 2. The van der Waals surface area contributed by atoms with Gasteiger partial charge in [-0.2, -0.15) is 0 Å². The Morgan fingerprint density at radius 3 is 2.52 bits per heavy atom. The van der Waals surface area contributed by atoms with Gasteiger partial charge in [0.15, 0.2) is 11.5 Å². The Balaban J connectivity index is 1.25. The summed E-state index contributed by atoms with van der Waals surface area (Å²) in [6.07, 6.45) is 6.38. The van der Waals surface area contributed by atoms with Crippen molar-refractivity contribution in [1.29, 1.82) is 0 Å². The summed E-state index contributed by atoms with van der Waals surface area (Å²) in [6, 6.07) is 16.6. The highest BCUT2D eigenvalue weighted by Gasteiger charge is 2.38. The summed E-state index contributed by atoms with van der Waals surface area (Å²) < 4.78 is 13.1. The second kappa shape index (κ2) is 22.8. The van der Waals surface area contributed by atoms with E-state index in [1.807, 2.05) is 36.4 Å². The monoisotopic (exact) mass is 930 g/mol. The van der Waals surface area contributed by atoms with Crippen molar-refractivity contribution in [3.05, 3.63) is 82.4 Å². The molecule has 0 saturated heterocycles. The van der Waals surface area contributed by atoms with E-state index in [1.54, 1.807) is 39.8 Å². The third kappa shape index (κ3) is 12.2. The summed E-state index contributed by atoms with van der Waals surface area (Å²) in [6.45, 7) is 1.76. The molecule has 14 heteroatoms. The van der Waals surface area contributed by atoms with Crippen molar-refractivity contribution < 1.29 is 49.7 Å². The van der Waals surface area contributed by atoms with E-state index in [9.17, 15) is 40.2 Å². The molecule has 2 fully saturated rings. The van der Waals surface area contributed by atoms with Crippen molar-refractivity contribution >= 4 is 49.6 Å². The Morgan fingerprint density at radius 2 is 1.78 bits per heavy atom. The van der Waals surface area contributed by atoms with E-state index in [-0.39, 0.29) is 66.8 Å². The van der Waals surface area contributed by atoms with E-state index in [4.69, 9.17) is 9.47 Å². The van der Waals surface area contributed by atoms with Gasteiger partial charge >= 0.3 is 0 Å². The molecule has 8 N–H and O–H groups in total. The number of phenolic OH excluding ortho intramolecular Hbond substituents is 2. The number of anilines is 1. The summed E-state index contributed by atoms with van der Waals surface area (Å²) in [5, 5.41) is 73.9. The molecule has 2 aliphatic heterocycles. The Hall–Kier alpha value is -3.86. The first-order chi connectivity index (χ1) is 31.4. The number of carbonyl (C=O) groups is 2. The van der Waals surface area contributed by atoms with Crippen molar-refractivity contribution in [1.82, 2.24) is 5.32 Å². The molecule has 4 aliphatic rings. The van der Waals surface area contributed by atoms with Crippen molar-refractivity contribution in [2.75, 3.05) is 32.1 Å². The molecule has 65 heavy (non-hydrogen) atoms. The number of aliphatic hydroxyl groups excluding tert-OH is 3. The SMILES string of the molecule is COc1c(O)ccc2c1-c1ccc3ccc(O)cc3c1CSSC1CCC(CC1O)C(OC(NCCCC1(O)CCCC1)c1cc(CO)c(NCC(C)=O)cc1CCCO)CC(=O)CC2. The summed E-state index contributed by atoms with van der Waals surface area (Å²) in [4.78, 5) is 26.5. The van der Waals surface area contributed by atoms with E-state index in [1.165, 1.54) is 14.0 Å². The van der Waals surface area contributed by atoms with Crippen LogP contribution < -0.4 is 15.4 Å². The average Bonchev–Trinajstić information content (AvgIpc) is 3.73. The van der Waals surface area contributed by atoms with Gasteiger partial charge in [-0.05, 0) is 153 Å². The minimum Gasteiger partial charge on any atom is -0.508 e. The number of benzene rings is 4. The molecule has 2 bridgehead atoms. The molecule has 0 spiro atoms. The van der Waals surface area contributed by atoms with E-state index in [0.29, 0.717) is 79.8 Å². The Labute approximate surface area is 390 Å². The van der Waals surface area contributed by atoms with Crippen LogP contribution in [-0.2, 0) is 39.5 Å². The maximum atomic E-state index is 14.5. The second-order valence-electron chi connectivity index (χ2n) is 18.2. The molecule has 352 valence electrons. The number of fused-ring (bicyclic) bond motifs is 9. The van der Waals surface area contributed by atoms with Gasteiger partial charge in [0.05, 0.1) is 38.1 Å². The summed E-state index contributed by atoms with van der Waals surface area (Å²) in [5.74, 6) is 0.738. The lowest BCUT2D eigenvalue weighted by atomic mass is 9.81. The molecular weight excluding hydrogens is 865 g/mol. The highest BCUT2D eigenvalue weighted by molar-refractivity contribution is 8.76. The fraction of sp³-hybridized carbons (Fsp3) is 0.529. The van der Waals surface area contributed by atoms with Gasteiger partial charge in [-0.25, -0.2) is 0 Å². The number of ether oxygens (including phenoxy) is 2. The van der Waals surface area contributed by atoms with Crippen molar-refractivity contribution in [3.63, 3.8) is 0 Å². The Morgan fingerprint density at radius 1 is 0.985 bits per heavy atom. The molecule has 0 radical (unpaired) electrons. The number of phenols is 2. The predicted octanol–water partition coefficient (Wildman–Crippen LogP) is 8.42. The Bertz CT molecular complexity index is 2280. The third-order valence-electron chi connectivity index (χ3n) is 13.6. The molecule has 5 atom stereocenters. The summed E-state index contributed by atoms with van der Waals surface area (Å²) in [5.41, 5.74) is 5.46. The van der Waals surface area contributed by atoms with Crippen LogP contribution in [0.4, 0.5) is 5.69 Å². The van der Waals surface area contributed by atoms with Gasteiger partial charge in [0.1, 0.15) is 23.5 Å². The minimum atomic E-state index is -0.740. The van der Waals surface area contributed by atoms with Gasteiger partial charge in [0.2, 0.25) is 0 Å². The highest BCUT2D eigenvalue weighted by atomic mass is 33.1. The molecule has 8 rings (SSSR count). The maximum absolute atomic E-state index is 14.5. The quantitative estimate of drug-likeness (QED) is 0.0303. The van der Waals surface area contributed by atoms with E-state index in [0.717, 1.165) is 70.7 Å². The third-order valence-corrected chi connectivity index (χ3v) is 16.4. The number of carbonyl (C=O) groups excluding carboxylic acids is 2. The number of aromatic hydroxyl groups is 2. The first kappa shape index (κ1) is 49.1. The van der Waals surface area contributed by atoms with Crippen LogP contribution in [0.15, 0.2) is 54.6 Å². The van der Waals surface area contributed by atoms with Crippen LogP contribution >= 0.6 is 21.6 Å². The van der Waals surface area contributed by atoms with Crippen molar-refractivity contribution in [2.24, 2.45) is 5.92 Å². The van der Waals surface area contributed by atoms with Crippen LogP contribution in [0, 0.1) is 5.92 Å². The zero-order valence-electron chi connectivity index (χ0n) is 37.7. The van der Waals surface area contributed by atoms with Crippen LogP contribution in [0.1, 0.15) is 118 Å². The van der Waals surface area contributed by atoms with Crippen LogP contribution in [0.2, 0.25) is 0 Å². The number of hydrogen-bond acceptors (Lipinski definition) is 14. The number of Topliss-reactive ketones (excluding diaryl/α,β-unsaturated/α-hetero) is 2. The first-order valence-electron chi connectivity index (χ1n) is 23.2. The largest absolute Gasteiger partial charge is 0.508 e. The van der Waals surface area contributed by atoms with Gasteiger partial charge in [-0.1, -0.05) is 58.7 Å². The van der Waals surface area contributed by atoms with E-state index in [2.05, 4.69) is 10.6 Å². The molecule has 2 aliphatic carbocycles. The van der Waals surface area contributed by atoms with Gasteiger partial charge < -0.3 is 45.4 Å². The topological polar surface area (TPSA) is 198 Å². The van der Waals surface area contributed by atoms with E-state index < -0.39 is 24.0 Å². The molecule has 12 nitrogen and oxygen atoms in total. The number of ketones is 2. The van der Waals surface area contributed by atoms with Gasteiger partial charge in [0.25, 0.3) is 0 Å². The molecule has 4 aromatic carbocycles. The van der Waals surface area contributed by atoms with Crippen molar-refractivity contribution in [3.8, 4) is 28.4 Å². The van der Waals surface area contributed by atoms with E-state index >= 15 is 0 Å². The van der Waals surface area contributed by atoms with Crippen LogP contribution in [-0.4, -0.2) is 92.1 Å². The molecule has 2 heterocycles. The zero-order valence-corrected chi connectivity index (χ0v) is 39.3. The van der Waals surface area contributed by atoms with Crippen molar-refractivity contribution in [2.45, 2.75) is 138 Å². The molecular formula is C51H66N2O10S2. The van der Waals surface area contributed by atoms with Crippen LogP contribution in [0.5, 0.6) is 17.2 Å². The summed E-state index contributed by atoms with van der Waals surface area (Å²) >= 11 is 0. The lowest BCUT2D eigenvalue weighted by Crippen LogP contribution is -2.40. The molecule has 0 amide bonds. The zero-order chi connectivity index (χ0) is 46.1. The lowest BCUT2D eigenvalue weighted by molar-refractivity contribution is -0.128. The number of hydrogen-bond donors (Lipinski definition) is 8. The van der Waals surface area contributed by atoms with Gasteiger partial charge in [-0.3, -0.25) is 14.9 Å². The van der Waals surface area contributed by atoms with Gasteiger partial charge in [0, 0.05) is 47.3 Å². The standard InChI is InChI=1S/C51H66N2O10S2/c1-31(56)28-53-43-24-34(7-5-22-54)41(23-36(43)29-55)50(52-21-6-20-51(61)18-3-4-19-51)63-46-27-38(58)14-9-33-11-16-44(59)49(62-2)48(33)39-15-10-32-8-13-37(57)26-40(32)42(39)30-64-65-47-17-12-35(46)25-45(47)60/h8,10-11,13,15-16,23-24,26,35,45-47,50,52-55,57,59-61H,3-7,9,12,14,17-22,25,27-30H2,1-2H3. The molecule has 0 aromatic heterocycles. The smallest absolute Gasteiger partial charge is 0.168 e. The van der Waals surface area contributed by atoms with Crippen LogP contribution in [0.3, 0.4) is 0 Å². The molecule has 4 aromatic rings. The molecule has 2 saturated carbocycles. The lowest BCUT2D eigenvalue weighted by Gasteiger charge is -2.38. The minimum absolute atomic E-state index is 0.0205. The summed E-state index contributed by atoms with van der Waals surface area (Å²) in [7, 11) is 4.81. The number of rotatable bonds is 16. The van der Waals surface area contributed by atoms with Gasteiger partial charge in [-0.15, -0.1) is 0 Å². The molecule has 5 unspecified atom stereocenters. The van der Waals surface area contributed by atoms with Crippen LogP contribution in [0.25, 0.3) is 21.9 Å². The first-order valence-corrected chi connectivity index (χ1v) is 25.6. The maximum Gasteiger partial charge on any atom is 0.168 e. The predicted molar refractivity (Wildman–Crippen MR) is 258 cm³/mol. The fourth-order valence-corrected chi connectivity index (χ4v) is 13.0. The number of methoxy groups -OCH3 is 1. The normalized spacial score (nSPS) is 21.8. The number of aliphatic hydroxyl groups is 4. The highest BCUT2D eigenvalue weighted by Crippen LogP contribution is 2.48. The second-order valence-corrected chi connectivity index (χ2v) is 20.8. The average molecular weight is 931 g/mol. The Kier molecular flexibility index (Phi) is 17.2. The fourth-order valence-electron chi connectivity index (χ4n) is 10.1. The number of aryl methyl sites for hydroxylation is 2.